The first-order valence-electron chi connectivity index (χ1n) is 10.1. The summed E-state index contributed by atoms with van der Waals surface area (Å²) in [5, 5.41) is 13.5. The van der Waals surface area contributed by atoms with Gasteiger partial charge in [-0.3, -0.25) is 9.80 Å². The molecule has 0 spiro atoms. The number of piperazine rings is 1. The predicted molar refractivity (Wildman–Crippen MR) is 119 cm³/mol. The number of halogens is 1. The molecule has 1 saturated heterocycles. The summed E-state index contributed by atoms with van der Waals surface area (Å²) < 4.78 is 5.83. The molecule has 29 heavy (non-hydrogen) atoms. The normalized spacial score (nSPS) is 16.8. The third-order valence-corrected chi connectivity index (χ3v) is 5.67. The fraction of sp³-hybridized carbons (Fsp3) is 0.333. The lowest BCUT2D eigenvalue weighted by molar-refractivity contribution is 0.0446. The fourth-order valence-corrected chi connectivity index (χ4v) is 3.90. The number of nitrogens with zero attached hydrogens (tertiary/aromatic N) is 2. The SMILES string of the molecule is OC(COc1ccc2ccccc2c1)CN1CCN(Cc2ccc(Cl)cc2)CC1. The number of hydrogen-bond acceptors (Lipinski definition) is 4. The minimum Gasteiger partial charge on any atom is -0.491 e. The van der Waals surface area contributed by atoms with Crippen LogP contribution >= 0.6 is 11.6 Å². The monoisotopic (exact) mass is 410 g/mol. The van der Waals surface area contributed by atoms with Gasteiger partial charge in [-0.1, -0.05) is 54.1 Å². The van der Waals surface area contributed by atoms with Gasteiger partial charge in [0, 0.05) is 44.3 Å². The van der Waals surface area contributed by atoms with E-state index in [2.05, 4.69) is 40.1 Å². The Morgan fingerprint density at radius 2 is 1.55 bits per heavy atom. The second kappa shape index (κ2) is 9.59. The van der Waals surface area contributed by atoms with Gasteiger partial charge in [-0.15, -0.1) is 0 Å². The van der Waals surface area contributed by atoms with Crippen LogP contribution in [-0.4, -0.2) is 60.3 Å². The van der Waals surface area contributed by atoms with Crippen molar-refractivity contribution in [2.75, 3.05) is 39.3 Å². The second-order valence-electron chi connectivity index (χ2n) is 7.68. The Bertz CT molecular complexity index is 924. The molecule has 1 heterocycles. The number of rotatable bonds is 7. The summed E-state index contributed by atoms with van der Waals surface area (Å²) in [5.41, 5.74) is 1.28. The van der Waals surface area contributed by atoms with Crippen LogP contribution < -0.4 is 4.74 Å². The van der Waals surface area contributed by atoms with E-state index < -0.39 is 6.10 Å². The summed E-state index contributed by atoms with van der Waals surface area (Å²) in [4.78, 5) is 4.75. The quantitative estimate of drug-likeness (QED) is 0.637. The lowest BCUT2D eigenvalue weighted by atomic mass is 10.1. The van der Waals surface area contributed by atoms with Gasteiger partial charge >= 0.3 is 0 Å². The van der Waals surface area contributed by atoms with Gasteiger partial charge in [0.1, 0.15) is 18.5 Å². The number of β-amino-alcohol motifs (C(OH)–C–C–N with tert-alkyl or cyclic N) is 1. The van der Waals surface area contributed by atoms with Crippen LogP contribution in [0.3, 0.4) is 0 Å². The van der Waals surface area contributed by atoms with E-state index in [-0.39, 0.29) is 0 Å². The van der Waals surface area contributed by atoms with Crippen molar-refractivity contribution >= 4 is 22.4 Å². The molecule has 5 heteroatoms. The molecule has 1 N–H and O–H groups in total. The average molecular weight is 411 g/mol. The van der Waals surface area contributed by atoms with Crippen LogP contribution in [0.5, 0.6) is 5.75 Å². The van der Waals surface area contributed by atoms with Crippen LogP contribution in [0.15, 0.2) is 66.7 Å². The largest absolute Gasteiger partial charge is 0.491 e. The number of benzene rings is 3. The molecule has 0 amide bonds. The summed E-state index contributed by atoms with van der Waals surface area (Å²) >= 11 is 5.96. The Morgan fingerprint density at radius 3 is 2.31 bits per heavy atom. The van der Waals surface area contributed by atoms with E-state index in [0.717, 1.165) is 48.9 Å². The summed E-state index contributed by atoms with van der Waals surface area (Å²) in [7, 11) is 0. The summed E-state index contributed by atoms with van der Waals surface area (Å²) in [6, 6.07) is 22.3. The smallest absolute Gasteiger partial charge is 0.120 e. The maximum absolute atomic E-state index is 10.4. The highest BCUT2D eigenvalue weighted by Gasteiger charge is 2.19. The molecule has 0 radical (unpaired) electrons. The van der Waals surface area contributed by atoms with E-state index in [1.165, 1.54) is 10.9 Å². The van der Waals surface area contributed by atoms with Gasteiger partial charge in [-0.05, 0) is 40.6 Å². The topological polar surface area (TPSA) is 35.9 Å². The van der Waals surface area contributed by atoms with E-state index in [4.69, 9.17) is 16.3 Å². The highest BCUT2D eigenvalue weighted by molar-refractivity contribution is 6.30. The zero-order valence-corrected chi connectivity index (χ0v) is 17.3. The van der Waals surface area contributed by atoms with Gasteiger partial charge in [-0.2, -0.15) is 0 Å². The maximum Gasteiger partial charge on any atom is 0.120 e. The highest BCUT2D eigenvalue weighted by Crippen LogP contribution is 2.20. The summed E-state index contributed by atoms with van der Waals surface area (Å²) in [6.45, 7) is 5.81. The zero-order valence-electron chi connectivity index (χ0n) is 16.5. The number of aliphatic hydroxyl groups is 1. The van der Waals surface area contributed by atoms with Crippen LogP contribution in [0.25, 0.3) is 10.8 Å². The van der Waals surface area contributed by atoms with Crippen molar-refractivity contribution in [2.24, 2.45) is 0 Å². The fourth-order valence-electron chi connectivity index (χ4n) is 3.78. The first kappa shape index (κ1) is 20.2. The van der Waals surface area contributed by atoms with Gasteiger partial charge in [0.2, 0.25) is 0 Å². The van der Waals surface area contributed by atoms with Crippen LogP contribution in [-0.2, 0) is 6.54 Å². The van der Waals surface area contributed by atoms with Crippen molar-refractivity contribution in [3.63, 3.8) is 0 Å². The molecule has 3 aromatic carbocycles. The van der Waals surface area contributed by atoms with Gasteiger partial charge < -0.3 is 9.84 Å². The van der Waals surface area contributed by atoms with Gasteiger partial charge in [0.15, 0.2) is 0 Å². The van der Waals surface area contributed by atoms with Crippen LogP contribution in [0.2, 0.25) is 5.02 Å². The molecule has 1 atom stereocenters. The standard InChI is InChI=1S/C24H27ClN2O2/c25-22-8-5-19(6-9-22)16-26-11-13-27(14-12-26)17-23(28)18-29-24-10-7-20-3-1-2-4-21(20)15-24/h1-10,15,23,28H,11-14,16-18H2. The molecular formula is C24H27ClN2O2. The second-order valence-corrected chi connectivity index (χ2v) is 8.11. The lowest BCUT2D eigenvalue weighted by Gasteiger charge is -2.35. The first-order chi connectivity index (χ1) is 14.2. The van der Waals surface area contributed by atoms with E-state index in [1.54, 1.807) is 0 Å². The Morgan fingerprint density at radius 1 is 0.862 bits per heavy atom. The Hall–Kier alpha value is -2.11. The molecule has 1 unspecified atom stereocenters. The Labute approximate surface area is 177 Å². The number of fused-ring (bicyclic) bond motifs is 1. The van der Waals surface area contributed by atoms with E-state index in [0.29, 0.717) is 13.2 Å². The van der Waals surface area contributed by atoms with Crippen molar-refractivity contribution in [1.29, 1.82) is 0 Å². The molecule has 0 bridgehead atoms. The van der Waals surface area contributed by atoms with Crippen molar-refractivity contribution < 1.29 is 9.84 Å². The minimum absolute atomic E-state index is 0.309. The third-order valence-electron chi connectivity index (χ3n) is 5.42. The van der Waals surface area contributed by atoms with Crippen molar-refractivity contribution in [2.45, 2.75) is 12.6 Å². The summed E-state index contributed by atoms with van der Waals surface area (Å²) in [6.07, 6.45) is -0.496. The minimum atomic E-state index is -0.496. The molecule has 1 aliphatic heterocycles. The van der Waals surface area contributed by atoms with Gasteiger partial charge in [0.25, 0.3) is 0 Å². The predicted octanol–water partition coefficient (Wildman–Crippen LogP) is 4.05. The van der Waals surface area contributed by atoms with Gasteiger partial charge in [0.05, 0.1) is 0 Å². The Balaban J connectivity index is 1.20. The Kier molecular flexibility index (Phi) is 6.67. The van der Waals surface area contributed by atoms with Crippen molar-refractivity contribution in [1.82, 2.24) is 9.80 Å². The van der Waals surface area contributed by atoms with Crippen molar-refractivity contribution in [3.05, 3.63) is 77.3 Å². The molecule has 0 aliphatic carbocycles. The van der Waals surface area contributed by atoms with Crippen LogP contribution in [0.1, 0.15) is 5.56 Å². The third kappa shape index (κ3) is 5.71. The lowest BCUT2D eigenvalue weighted by Crippen LogP contribution is -2.48. The van der Waals surface area contributed by atoms with Crippen LogP contribution in [0.4, 0.5) is 0 Å². The number of hydrogen-bond donors (Lipinski definition) is 1. The maximum atomic E-state index is 10.4. The first-order valence-corrected chi connectivity index (χ1v) is 10.5. The van der Waals surface area contributed by atoms with Crippen molar-refractivity contribution in [3.8, 4) is 5.75 Å². The molecule has 0 saturated carbocycles. The molecule has 1 aliphatic rings. The number of ether oxygens (including phenoxy) is 1. The molecule has 4 nitrogen and oxygen atoms in total. The van der Waals surface area contributed by atoms with E-state index >= 15 is 0 Å². The number of aliphatic hydroxyl groups excluding tert-OH is 1. The highest BCUT2D eigenvalue weighted by atomic mass is 35.5. The molecular weight excluding hydrogens is 384 g/mol. The van der Waals surface area contributed by atoms with Crippen LogP contribution in [0, 0.1) is 0 Å². The molecule has 1 fully saturated rings. The van der Waals surface area contributed by atoms with Gasteiger partial charge in [-0.25, -0.2) is 0 Å². The molecule has 4 rings (SSSR count). The van der Waals surface area contributed by atoms with E-state index in [1.807, 2.05) is 36.4 Å². The molecule has 3 aromatic rings. The molecule has 0 aromatic heterocycles. The molecule has 152 valence electrons. The average Bonchev–Trinajstić information content (AvgIpc) is 2.75. The van der Waals surface area contributed by atoms with E-state index in [9.17, 15) is 5.11 Å². The summed E-state index contributed by atoms with van der Waals surface area (Å²) in [5.74, 6) is 0.801. The zero-order chi connectivity index (χ0) is 20.1.